The van der Waals surface area contributed by atoms with Crippen molar-refractivity contribution < 1.29 is 14.3 Å². The number of amides is 1. The quantitative estimate of drug-likeness (QED) is 0.618. The zero-order valence-corrected chi connectivity index (χ0v) is 16.0. The SMILES string of the molecule is CCOC(=O)[C@@H]1[C@H]2CN(C(=O)c3cccn4cc(C)nc34)C[C@@H]2C=C[C@@H]1C. The van der Waals surface area contributed by atoms with Crippen LogP contribution >= 0.6 is 0 Å². The Bertz CT molecular complexity index is 917. The van der Waals surface area contributed by atoms with E-state index in [0.29, 0.717) is 30.9 Å². The van der Waals surface area contributed by atoms with Gasteiger partial charge < -0.3 is 14.0 Å². The first kappa shape index (κ1) is 17.8. The fourth-order valence-corrected chi connectivity index (χ4v) is 4.53. The molecule has 3 heterocycles. The largest absolute Gasteiger partial charge is 0.466 e. The predicted octanol–water partition coefficient (Wildman–Crippen LogP) is 2.72. The molecule has 1 fully saturated rings. The lowest BCUT2D eigenvalue weighted by Crippen LogP contribution is -2.37. The molecule has 0 bridgehead atoms. The van der Waals surface area contributed by atoms with Crippen LogP contribution in [-0.2, 0) is 9.53 Å². The molecule has 0 spiro atoms. The maximum atomic E-state index is 13.2. The van der Waals surface area contributed by atoms with Crippen molar-refractivity contribution in [1.82, 2.24) is 14.3 Å². The number of allylic oxidation sites excluding steroid dienone is 1. The monoisotopic (exact) mass is 367 g/mol. The smallest absolute Gasteiger partial charge is 0.309 e. The molecule has 6 heteroatoms. The van der Waals surface area contributed by atoms with Crippen molar-refractivity contribution in [2.45, 2.75) is 20.8 Å². The number of pyridine rings is 1. The van der Waals surface area contributed by atoms with E-state index in [1.807, 2.05) is 54.6 Å². The van der Waals surface area contributed by atoms with Gasteiger partial charge in [-0.05, 0) is 43.7 Å². The molecule has 1 aliphatic heterocycles. The Hall–Kier alpha value is -2.63. The number of imidazole rings is 1. The van der Waals surface area contributed by atoms with Crippen molar-refractivity contribution in [2.24, 2.45) is 23.7 Å². The van der Waals surface area contributed by atoms with Gasteiger partial charge in [0, 0.05) is 25.5 Å². The molecular formula is C21H25N3O3. The van der Waals surface area contributed by atoms with Gasteiger partial charge in [-0.3, -0.25) is 9.59 Å². The molecule has 2 aliphatic rings. The van der Waals surface area contributed by atoms with Crippen LogP contribution in [-0.4, -0.2) is 45.9 Å². The van der Waals surface area contributed by atoms with E-state index in [9.17, 15) is 9.59 Å². The standard InChI is InChI=1S/C21H25N3O3/c1-4-27-21(26)18-13(2)7-8-15-11-24(12-17(15)18)20(25)16-6-5-9-23-10-14(3)22-19(16)23/h5-10,13,15,17-18H,4,11-12H2,1-3H3/t13-,15-,17-,18-/m0/s1. The van der Waals surface area contributed by atoms with E-state index in [1.54, 1.807) is 0 Å². The van der Waals surface area contributed by atoms with Gasteiger partial charge in [0.1, 0.15) is 5.65 Å². The molecule has 1 saturated heterocycles. The lowest BCUT2D eigenvalue weighted by Gasteiger charge is -2.31. The minimum Gasteiger partial charge on any atom is -0.466 e. The summed E-state index contributed by atoms with van der Waals surface area (Å²) in [6, 6.07) is 3.70. The number of aryl methyl sites for hydroxylation is 1. The zero-order valence-electron chi connectivity index (χ0n) is 16.0. The first-order valence-corrected chi connectivity index (χ1v) is 9.58. The van der Waals surface area contributed by atoms with Gasteiger partial charge in [-0.25, -0.2) is 4.98 Å². The average Bonchev–Trinajstić information content (AvgIpc) is 3.23. The Morgan fingerprint density at radius 2 is 2.11 bits per heavy atom. The summed E-state index contributed by atoms with van der Waals surface area (Å²) in [6.45, 7) is 7.38. The number of rotatable bonds is 3. The zero-order chi connectivity index (χ0) is 19.1. The number of fused-ring (bicyclic) bond motifs is 2. The van der Waals surface area contributed by atoms with Gasteiger partial charge >= 0.3 is 5.97 Å². The van der Waals surface area contributed by atoms with Crippen LogP contribution in [0.25, 0.3) is 5.65 Å². The molecule has 142 valence electrons. The van der Waals surface area contributed by atoms with Crippen LogP contribution in [0.3, 0.4) is 0 Å². The van der Waals surface area contributed by atoms with E-state index < -0.39 is 0 Å². The molecular weight excluding hydrogens is 342 g/mol. The van der Waals surface area contributed by atoms with Crippen LogP contribution in [0.2, 0.25) is 0 Å². The third kappa shape index (κ3) is 3.03. The van der Waals surface area contributed by atoms with Gasteiger partial charge in [0.05, 0.1) is 23.8 Å². The van der Waals surface area contributed by atoms with E-state index in [-0.39, 0.29) is 35.5 Å². The van der Waals surface area contributed by atoms with Gasteiger partial charge in [0.15, 0.2) is 0 Å². The fourth-order valence-electron chi connectivity index (χ4n) is 4.53. The number of carbonyl (C=O) groups is 2. The Morgan fingerprint density at radius 1 is 1.30 bits per heavy atom. The van der Waals surface area contributed by atoms with Crippen LogP contribution in [0.15, 0.2) is 36.7 Å². The fraction of sp³-hybridized carbons (Fsp3) is 0.476. The first-order valence-electron chi connectivity index (χ1n) is 9.58. The summed E-state index contributed by atoms with van der Waals surface area (Å²) < 4.78 is 7.20. The Balaban J connectivity index is 1.60. The van der Waals surface area contributed by atoms with Crippen LogP contribution < -0.4 is 0 Å². The summed E-state index contributed by atoms with van der Waals surface area (Å²) in [7, 11) is 0. The molecule has 0 unspecified atom stereocenters. The van der Waals surface area contributed by atoms with Gasteiger partial charge in [-0.15, -0.1) is 0 Å². The highest BCUT2D eigenvalue weighted by Gasteiger charge is 2.46. The van der Waals surface area contributed by atoms with Crippen molar-refractivity contribution in [3.63, 3.8) is 0 Å². The Kier molecular flexibility index (Phi) is 4.50. The lowest BCUT2D eigenvalue weighted by molar-refractivity contribution is -0.152. The molecule has 0 aromatic carbocycles. The molecule has 4 rings (SSSR count). The van der Waals surface area contributed by atoms with Gasteiger partial charge in [0.25, 0.3) is 5.91 Å². The minimum atomic E-state index is -0.192. The summed E-state index contributed by atoms with van der Waals surface area (Å²) >= 11 is 0. The number of likely N-dealkylation sites (tertiary alicyclic amines) is 1. The van der Waals surface area contributed by atoms with Gasteiger partial charge in [-0.2, -0.15) is 0 Å². The number of hydrogen-bond acceptors (Lipinski definition) is 4. The second kappa shape index (κ2) is 6.83. The molecule has 27 heavy (non-hydrogen) atoms. The molecule has 0 radical (unpaired) electrons. The summed E-state index contributed by atoms with van der Waals surface area (Å²) in [6.07, 6.45) is 8.07. The molecule has 1 amide bonds. The van der Waals surface area contributed by atoms with Crippen LogP contribution in [0.4, 0.5) is 0 Å². The van der Waals surface area contributed by atoms with E-state index >= 15 is 0 Å². The third-order valence-electron chi connectivity index (χ3n) is 5.78. The Labute approximate surface area is 158 Å². The van der Waals surface area contributed by atoms with Crippen molar-refractivity contribution in [1.29, 1.82) is 0 Å². The summed E-state index contributed by atoms with van der Waals surface area (Å²) in [5, 5.41) is 0. The Morgan fingerprint density at radius 3 is 2.89 bits per heavy atom. The van der Waals surface area contributed by atoms with E-state index in [1.165, 1.54) is 0 Å². The normalized spacial score (nSPS) is 27.0. The van der Waals surface area contributed by atoms with Crippen molar-refractivity contribution in [3.05, 3.63) is 47.9 Å². The number of ether oxygens (including phenoxy) is 1. The second-order valence-electron chi connectivity index (χ2n) is 7.59. The van der Waals surface area contributed by atoms with Crippen molar-refractivity contribution in [2.75, 3.05) is 19.7 Å². The second-order valence-corrected chi connectivity index (χ2v) is 7.59. The van der Waals surface area contributed by atoms with Gasteiger partial charge in [-0.1, -0.05) is 19.1 Å². The summed E-state index contributed by atoms with van der Waals surface area (Å²) in [5.41, 5.74) is 2.17. The molecule has 1 aliphatic carbocycles. The maximum absolute atomic E-state index is 13.2. The van der Waals surface area contributed by atoms with E-state index in [2.05, 4.69) is 17.1 Å². The number of nitrogens with zero attached hydrogens (tertiary/aromatic N) is 3. The lowest BCUT2D eigenvalue weighted by atomic mass is 9.72. The summed E-state index contributed by atoms with van der Waals surface area (Å²) in [5.74, 6) is 0.0600. The number of carbonyl (C=O) groups excluding carboxylic acids is 2. The average molecular weight is 367 g/mol. The minimum absolute atomic E-state index is 0.0238. The predicted molar refractivity (Wildman–Crippen MR) is 101 cm³/mol. The number of aromatic nitrogens is 2. The van der Waals surface area contributed by atoms with Crippen LogP contribution in [0.1, 0.15) is 29.9 Å². The highest BCUT2D eigenvalue weighted by molar-refractivity contribution is 6.00. The van der Waals surface area contributed by atoms with E-state index in [4.69, 9.17) is 4.74 Å². The van der Waals surface area contributed by atoms with Crippen LogP contribution in [0, 0.1) is 30.6 Å². The molecule has 4 atom stereocenters. The van der Waals surface area contributed by atoms with E-state index in [0.717, 1.165) is 5.69 Å². The highest BCUT2D eigenvalue weighted by atomic mass is 16.5. The third-order valence-corrected chi connectivity index (χ3v) is 5.78. The van der Waals surface area contributed by atoms with Crippen LogP contribution in [0.5, 0.6) is 0 Å². The van der Waals surface area contributed by atoms with Crippen molar-refractivity contribution in [3.8, 4) is 0 Å². The first-order chi connectivity index (χ1) is 13.0. The topological polar surface area (TPSA) is 63.9 Å². The maximum Gasteiger partial charge on any atom is 0.309 e. The number of hydrogen-bond donors (Lipinski definition) is 0. The molecule has 2 aromatic heterocycles. The highest BCUT2D eigenvalue weighted by Crippen LogP contribution is 2.40. The summed E-state index contributed by atoms with van der Waals surface area (Å²) in [4.78, 5) is 32.1. The van der Waals surface area contributed by atoms with Crippen molar-refractivity contribution >= 4 is 17.5 Å². The number of esters is 1. The molecule has 0 saturated carbocycles. The molecule has 0 N–H and O–H groups in total. The van der Waals surface area contributed by atoms with Gasteiger partial charge in [0.2, 0.25) is 0 Å². The molecule has 2 aromatic rings. The molecule has 6 nitrogen and oxygen atoms in total.